The number of likely N-dealkylation sites (tertiary alicyclic amines) is 1. The Balaban J connectivity index is 1.94. The average molecular weight is 242 g/mol. The zero-order valence-corrected chi connectivity index (χ0v) is 10.1. The van der Waals surface area contributed by atoms with Gasteiger partial charge in [0.05, 0.1) is 0 Å². The van der Waals surface area contributed by atoms with E-state index in [1.54, 1.807) is 12.1 Å². The maximum absolute atomic E-state index is 13.0. The number of hydrogen-bond donors (Lipinski definition) is 0. The van der Waals surface area contributed by atoms with Crippen molar-refractivity contribution >= 4 is 11.6 Å². The fraction of sp³-hybridized carbons (Fsp3) is 0.538. The first-order chi connectivity index (χ1) is 7.78. The fourth-order valence-corrected chi connectivity index (χ4v) is 2.57. The van der Waals surface area contributed by atoms with E-state index in [2.05, 4.69) is 4.90 Å². The lowest BCUT2D eigenvalue weighted by molar-refractivity contribution is 0.178. The van der Waals surface area contributed by atoms with Gasteiger partial charge in [-0.2, -0.15) is 0 Å². The average Bonchev–Trinajstić information content (AvgIpc) is 2.29. The van der Waals surface area contributed by atoms with Gasteiger partial charge in [0.25, 0.3) is 0 Å². The van der Waals surface area contributed by atoms with Crippen molar-refractivity contribution in [3.05, 3.63) is 35.6 Å². The van der Waals surface area contributed by atoms with E-state index in [1.807, 2.05) is 6.07 Å². The maximum Gasteiger partial charge on any atom is 0.123 e. The molecule has 1 aromatic carbocycles. The van der Waals surface area contributed by atoms with Crippen LogP contribution in [0.25, 0.3) is 0 Å². The molecule has 0 aromatic heterocycles. The fourth-order valence-electron chi connectivity index (χ4n) is 2.31. The summed E-state index contributed by atoms with van der Waals surface area (Å²) < 4.78 is 13.0. The summed E-state index contributed by atoms with van der Waals surface area (Å²) in [5.41, 5.74) is 1.05. The summed E-state index contributed by atoms with van der Waals surface area (Å²) in [4.78, 5) is 2.37. The Bertz CT molecular complexity index is 342. The Hall–Kier alpha value is -0.600. The Morgan fingerprint density at radius 3 is 3.06 bits per heavy atom. The minimum Gasteiger partial charge on any atom is -0.299 e. The molecule has 1 aromatic rings. The third kappa shape index (κ3) is 3.19. The molecule has 0 radical (unpaired) electrons. The summed E-state index contributed by atoms with van der Waals surface area (Å²) in [6.07, 6.45) is 2.43. The standard InChI is InChI=1S/C13H17ClFN/c14-8-12-4-2-6-16(10-12)9-11-3-1-5-13(15)7-11/h1,3,5,7,12H,2,4,6,8-10H2. The molecular formula is C13H17ClFN. The van der Waals surface area contributed by atoms with Gasteiger partial charge in [0, 0.05) is 19.0 Å². The Morgan fingerprint density at radius 1 is 1.44 bits per heavy atom. The predicted molar refractivity (Wildman–Crippen MR) is 65.1 cm³/mol. The van der Waals surface area contributed by atoms with Crippen LogP contribution in [0.1, 0.15) is 18.4 Å². The van der Waals surface area contributed by atoms with Crippen LogP contribution in [-0.4, -0.2) is 23.9 Å². The molecule has 1 aliphatic rings. The lowest BCUT2D eigenvalue weighted by Gasteiger charge is -2.31. The number of alkyl halides is 1. The molecule has 1 heterocycles. The largest absolute Gasteiger partial charge is 0.299 e. The monoisotopic (exact) mass is 241 g/mol. The van der Waals surface area contributed by atoms with Crippen LogP contribution in [0.2, 0.25) is 0 Å². The van der Waals surface area contributed by atoms with E-state index in [1.165, 1.54) is 18.9 Å². The molecule has 3 heteroatoms. The van der Waals surface area contributed by atoms with Gasteiger partial charge in [-0.3, -0.25) is 4.90 Å². The van der Waals surface area contributed by atoms with Crippen molar-refractivity contribution in [1.29, 1.82) is 0 Å². The molecule has 1 atom stereocenters. The van der Waals surface area contributed by atoms with E-state index in [0.29, 0.717) is 5.92 Å². The normalized spacial score (nSPS) is 22.2. The highest BCUT2D eigenvalue weighted by Gasteiger charge is 2.18. The van der Waals surface area contributed by atoms with Crippen LogP contribution in [-0.2, 0) is 6.54 Å². The molecule has 0 aliphatic carbocycles. The molecule has 0 bridgehead atoms. The molecule has 1 saturated heterocycles. The zero-order valence-electron chi connectivity index (χ0n) is 9.33. The van der Waals surface area contributed by atoms with Crippen molar-refractivity contribution in [2.24, 2.45) is 5.92 Å². The highest BCUT2D eigenvalue weighted by atomic mass is 35.5. The number of rotatable bonds is 3. The zero-order chi connectivity index (χ0) is 11.4. The summed E-state index contributed by atoms with van der Waals surface area (Å²) in [7, 11) is 0. The molecule has 1 aliphatic heterocycles. The van der Waals surface area contributed by atoms with Gasteiger partial charge < -0.3 is 0 Å². The number of benzene rings is 1. The molecule has 2 rings (SSSR count). The quantitative estimate of drug-likeness (QED) is 0.735. The SMILES string of the molecule is Fc1cccc(CN2CCCC(CCl)C2)c1. The molecule has 0 spiro atoms. The van der Waals surface area contributed by atoms with Gasteiger partial charge in [0.15, 0.2) is 0 Å². The lowest BCUT2D eigenvalue weighted by atomic mass is 9.99. The number of nitrogens with zero attached hydrogens (tertiary/aromatic N) is 1. The Kier molecular flexibility index (Phi) is 4.19. The summed E-state index contributed by atoms with van der Waals surface area (Å²) in [6.45, 7) is 2.98. The summed E-state index contributed by atoms with van der Waals surface area (Å²) in [5, 5.41) is 0. The van der Waals surface area contributed by atoms with Crippen LogP contribution in [0.3, 0.4) is 0 Å². The van der Waals surface area contributed by atoms with Crippen LogP contribution < -0.4 is 0 Å². The van der Waals surface area contributed by atoms with Gasteiger partial charge in [0.2, 0.25) is 0 Å². The maximum atomic E-state index is 13.0. The summed E-state index contributed by atoms with van der Waals surface area (Å²) in [6, 6.07) is 6.85. The number of hydrogen-bond acceptors (Lipinski definition) is 1. The van der Waals surface area contributed by atoms with Crippen molar-refractivity contribution < 1.29 is 4.39 Å². The van der Waals surface area contributed by atoms with E-state index in [-0.39, 0.29) is 5.82 Å². The van der Waals surface area contributed by atoms with E-state index < -0.39 is 0 Å². The van der Waals surface area contributed by atoms with Gasteiger partial charge in [0.1, 0.15) is 5.82 Å². The molecular weight excluding hydrogens is 225 g/mol. The van der Waals surface area contributed by atoms with Gasteiger partial charge >= 0.3 is 0 Å². The van der Waals surface area contributed by atoms with Crippen molar-refractivity contribution in [2.45, 2.75) is 19.4 Å². The number of halogens is 2. The summed E-state index contributed by atoms with van der Waals surface area (Å²) in [5.74, 6) is 1.19. The Labute approximate surface area is 101 Å². The first-order valence-electron chi connectivity index (χ1n) is 5.80. The highest BCUT2D eigenvalue weighted by Crippen LogP contribution is 2.19. The van der Waals surface area contributed by atoms with Gasteiger partial charge in [-0.15, -0.1) is 11.6 Å². The second-order valence-electron chi connectivity index (χ2n) is 4.53. The Morgan fingerprint density at radius 2 is 2.31 bits per heavy atom. The van der Waals surface area contributed by atoms with Crippen molar-refractivity contribution in [2.75, 3.05) is 19.0 Å². The van der Waals surface area contributed by atoms with Crippen LogP contribution in [0.4, 0.5) is 4.39 Å². The van der Waals surface area contributed by atoms with Crippen LogP contribution in [0.5, 0.6) is 0 Å². The van der Waals surface area contributed by atoms with Crippen molar-refractivity contribution in [3.63, 3.8) is 0 Å². The minimum absolute atomic E-state index is 0.150. The smallest absolute Gasteiger partial charge is 0.123 e. The molecule has 88 valence electrons. The molecule has 0 N–H and O–H groups in total. The highest BCUT2D eigenvalue weighted by molar-refractivity contribution is 6.18. The molecule has 0 amide bonds. The van der Waals surface area contributed by atoms with Gasteiger partial charge in [-0.25, -0.2) is 4.39 Å². The molecule has 1 unspecified atom stereocenters. The van der Waals surface area contributed by atoms with E-state index in [4.69, 9.17) is 11.6 Å². The lowest BCUT2D eigenvalue weighted by Crippen LogP contribution is -2.35. The second kappa shape index (κ2) is 5.65. The van der Waals surface area contributed by atoms with E-state index in [0.717, 1.165) is 31.1 Å². The van der Waals surface area contributed by atoms with E-state index in [9.17, 15) is 4.39 Å². The second-order valence-corrected chi connectivity index (χ2v) is 4.84. The third-order valence-electron chi connectivity index (χ3n) is 3.12. The molecule has 1 fully saturated rings. The van der Waals surface area contributed by atoms with Gasteiger partial charge in [-0.1, -0.05) is 12.1 Å². The van der Waals surface area contributed by atoms with Crippen LogP contribution in [0, 0.1) is 11.7 Å². The topological polar surface area (TPSA) is 3.24 Å². The molecule has 0 saturated carbocycles. The van der Waals surface area contributed by atoms with Crippen molar-refractivity contribution in [1.82, 2.24) is 4.90 Å². The molecule has 16 heavy (non-hydrogen) atoms. The van der Waals surface area contributed by atoms with Crippen molar-refractivity contribution in [3.8, 4) is 0 Å². The van der Waals surface area contributed by atoms with E-state index >= 15 is 0 Å². The summed E-state index contributed by atoms with van der Waals surface area (Å²) >= 11 is 5.89. The predicted octanol–water partition coefficient (Wildman–Crippen LogP) is 3.28. The van der Waals surface area contributed by atoms with Gasteiger partial charge in [-0.05, 0) is 43.0 Å². The first-order valence-corrected chi connectivity index (χ1v) is 6.34. The first kappa shape index (κ1) is 11.9. The minimum atomic E-state index is -0.150. The van der Waals surface area contributed by atoms with Crippen LogP contribution in [0.15, 0.2) is 24.3 Å². The van der Waals surface area contributed by atoms with Crippen LogP contribution >= 0.6 is 11.6 Å². The molecule has 1 nitrogen and oxygen atoms in total. The number of piperidine rings is 1. The third-order valence-corrected chi connectivity index (χ3v) is 3.55.